The molecule has 1 unspecified atom stereocenters. The number of nitrogens with one attached hydrogen (secondary N) is 1. The fraction of sp³-hybridized carbons (Fsp3) is 0.310. The predicted octanol–water partition coefficient (Wildman–Crippen LogP) is 6.46. The summed E-state index contributed by atoms with van der Waals surface area (Å²) in [5, 5.41) is 25.9. The molecule has 1 N–H and O–H groups in total. The zero-order valence-corrected chi connectivity index (χ0v) is 22.6. The molecule has 1 aliphatic heterocycles. The molecule has 0 radical (unpaired) electrons. The number of rotatable bonds is 8. The van der Waals surface area contributed by atoms with Crippen LogP contribution >= 0.6 is 11.9 Å². The van der Waals surface area contributed by atoms with Crippen LogP contribution in [-0.4, -0.2) is 33.1 Å². The number of quaternary nitrogens is 1. The molecule has 0 spiro atoms. The fourth-order valence-electron chi connectivity index (χ4n) is 4.04. The Balaban J connectivity index is 1.40. The van der Waals surface area contributed by atoms with Crippen molar-refractivity contribution >= 4 is 23.9 Å². The Bertz CT molecular complexity index is 1240. The van der Waals surface area contributed by atoms with Crippen LogP contribution in [0.1, 0.15) is 49.1 Å². The van der Waals surface area contributed by atoms with E-state index in [2.05, 4.69) is 5.32 Å². The number of hydrogen-bond donors (Lipinski definition) is 1. The molecule has 8 nitrogen and oxygen atoms in total. The van der Waals surface area contributed by atoms with Crippen LogP contribution in [0.25, 0.3) is 0 Å². The van der Waals surface area contributed by atoms with Crippen molar-refractivity contribution in [3.05, 3.63) is 106 Å². The molecule has 38 heavy (non-hydrogen) atoms. The Hall–Kier alpha value is -3.37. The van der Waals surface area contributed by atoms with Crippen LogP contribution in [0, 0.1) is 10.4 Å². The van der Waals surface area contributed by atoms with Crippen molar-refractivity contribution in [3.63, 3.8) is 0 Å². The molecule has 1 fully saturated rings. The number of amides is 3. The second-order valence-electron chi connectivity index (χ2n) is 10.3. The number of hydroxylamine groups is 2. The minimum atomic E-state index is -2.15. The van der Waals surface area contributed by atoms with Crippen LogP contribution in [0.15, 0.2) is 78.9 Å². The molecule has 0 aliphatic carbocycles. The average Bonchev–Trinajstić information content (AvgIpc) is 3.14. The fourth-order valence-corrected chi connectivity index (χ4v) is 5.06. The number of para-hydroxylation sites is 1. The van der Waals surface area contributed by atoms with Gasteiger partial charge in [0.15, 0.2) is 0 Å². The van der Waals surface area contributed by atoms with Gasteiger partial charge < -0.3 is 25.4 Å². The van der Waals surface area contributed by atoms with E-state index in [1.54, 1.807) is 4.90 Å². The average molecular weight is 535 g/mol. The van der Waals surface area contributed by atoms with E-state index >= 15 is 0 Å². The summed E-state index contributed by atoms with van der Waals surface area (Å²) in [6, 6.07) is 24.6. The Morgan fingerprint density at radius 3 is 2.16 bits per heavy atom. The van der Waals surface area contributed by atoms with Gasteiger partial charge in [-0.1, -0.05) is 54.6 Å². The van der Waals surface area contributed by atoms with Gasteiger partial charge in [-0.3, -0.25) is 4.21 Å². The van der Waals surface area contributed by atoms with Gasteiger partial charge in [0, 0.05) is 18.6 Å². The van der Waals surface area contributed by atoms with E-state index < -0.39 is 15.4 Å². The Kier molecular flexibility index (Phi) is 8.42. The van der Waals surface area contributed by atoms with E-state index in [0.29, 0.717) is 31.5 Å². The molecule has 1 atom stereocenters. The molecule has 200 valence electrons. The normalized spacial score (nSPS) is 16.8. The Labute approximate surface area is 227 Å². The van der Waals surface area contributed by atoms with Crippen LogP contribution < -0.4 is 10.1 Å². The van der Waals surface area contributed by atoms with Crippen molar-refractivity contribution in [1.82, 2.24) is 10.2 Å². The highest BCUT2D eigenvalue weighted by Crippen LogP contribution is 2.46. The molecule has 0 aromatic heterocycles. The van der Waals surface area contributed by atoms with Crippen molar-refractivity contribution in [2.24, 2.45) is 0 Å². The minimum Gasteiger partial charge on any atom is -0.612 e. The second kappa shape index (κ2) is 11.6. The van der Waals surface area contributed by atoms with E-state index in [-0.39, 0.29) is 18.0 Å². The standard InChI is InChI=1S/C29H32N3O5S/c1-29(2,3)30-28(34)31(18-17-21-11-15-25(16-12-21)37-24-7-5-4-6-8-24)20-22-9-13-23(14-10-22)26-19-27(33)32(35,36)38-26/h4-16,26H,17-20H2,1-3H3,(H,30,34)/q-1. The molecular weight excluding hydrogens is 502 g/mol. The summed E-state index contributed by atoms with van der Waals surface area (Å²) in [5.41, 5.74) is 2.35. The summed E-state index contributed by atoms with van der Waals surface area (Å²) in [4.78, 5) is 26.5. The number of carbonyl (C=O) groups is 2. The molecule has 1 saturated heterocycles. The highest BCUT2D eigenvalue weighted by atomic mass is 32.2. The van der Waals surface area contributed by atoms with Gasteiger partial charge in [-0.15, -0.1) is 0 Å². The van der Waals surface area contributed by atoms with Gasteiger partial charge in [-0.25, -0.2) is 9.59 Å². The van der Waals surface area contributed by atoms with Gasteiger partial charge in [0.25, 0.3) is 0 Å². The van der Waals surface area contributed by atoms with Crippen molar-refractivity contribution < 1.29 is 18.5 Å². The summed E-state index contributed by atoms with van der Waals surface area (Å²) in [6.07, 6.45) is 0.585. The topological polar surface area (TPSA) is 105 Å². The number of benzene rings is 3. The minimum absolute atomic E-state index is 0.0771. The maximum absolute atomic E-state index is 13.1. The van der Waals surface area contributed by atoms with Gasteiger partial charge in [0.1, 0.15) is 11.5 Å². The van der Waals surface area contributed by atoms with Crippen LogP contribution in [0.5, 0.6) is 11.5 Å². The summed E-state index contributed by atoms with van der Waals surface area (Å²) < 4.78 is 3.72. The monoisotopic (exact) mass is 534 g/mol. The first-order valence-electron chi connectivity index (χ1n) is 12.5. The first kappa shape index (κ1) is 27.7. The van der Waals surface area contributed by atoms with Crippen LogP contribution in [0.3, 0.4) is 0 Å². The lowest BCUT2D eigenvalue weighted by atomic mass is 10.1. The quantitative estimate of drug-likeness (QED) is 0.202. The SMILES string of the molecule is CC(C)(C)NC(=O)N(CCc1ccc(Oc2ccccc2)cc1)Cc1ccc(C2CC(=O)[N+]([O-])([O-])S2)cc1. The Morgan fingerprint density at radius 1 is 0.974 bits per heavy atom. The number of carbonyl (C=O) groups excluding carboxylic acids is 2. The van der Waals surface area contributed by atoms with Crippen molar-refractivity contribution in [1.29, 1.82) is 0 Å². The summed E-state index contributed by atoms with van der Waals surface area (Å²) >= 11 is 0.560. The van der Waals surface area contributed by atoms with Crippen LogP contribution in [-0.2, 0) is 17.8 Å². The molecule has 9 heteroatoms. The molecule has 3 amide bonds. The third-order valence-electron chi connectivity index (χ3n) is 6.00. The van der Waals surface area contributed by atoms with Crippen molar-refractivity contribution in [2.45, 2.75) is 50.9 Å². The molecule has 0 saturated carbocycles. The van der Waals surface area contributed by atoms with E-state index in [4.69, 9.17) is 4.74 Å². The zero-order chi connectivity index (χ0) is 27.3. The molecule has 1 heterocycles. The van der Waals surface area contributed by atoms with Crippen LogP contribution in [0.2, 0.25) is 0 Å². The lowest BCUT2D eigenvalue weighted by Gasteiger charge is -2.36. The van der Waals surface area contributed by atoms with E-state index in [1.165, 1.54) is 0 Å². The lowest BCUT2D eigenvalue weighted by molar-refractivity contribution is -0.593. The summed E-state index contributed by atoms with van der Waals surface area (Å²) in [6.45, 7) is 6.70. The maximum atomic E-state index is 13.1. The van der Waals surface area contributed by atoms with E-state index in [1.807, 2.05) is 99.6 Å². The second-order valence-corrected chi connectivity index (χ2v) is 11.6. The molecular formula is C29H32N3O5S-. The first-order valence-corrected chi connectivity index (χ1v) is 13.3. The molecule has 1 aliphatic rings. The predicted molar refractivity (Wildman–Crippen MR) is 149 cm³/mol. The smallest absolute Gasteiger partial charge is 0.326 e. The molecule has 3 aromatic rings. The van der Waals surface area contributed by atoms with Gasteiger partial charge in [0.05, 0.1) is 23.6 Å². The first-order chi connectivity index (χ1) is 18.0. The number of ether oxygens (including phenoxy) is 1. The van der Waals surface area contributed by atoms with Crippen molar-refractivity contribution in [3.8, 4) is 11.5 Å². The van der Waals surface area contributed by atoms with Gasteiger partial charge in [-0.05, 0) is 68.1 Å². The van der Waals surface area contributed by atoms with E-state index in [9.17, 15) is 20.0 Å². The van der Waals surface area contributed by atoms with Gasteiger partial charge in [0.2, 0.25) is 0 Å². The van der Waals surface area contributed by atoms with Gasteiger partial charge >= 0.3 is 11.9 Å². The largest absolute Gasteiger partial charge is 0.612 e. The summed E-state index contributed by atoms with van der Waals surface area (Å²) in [5.74, 6) is 0.650. The molecule has 4 rings (SSSR count). The lowest BCUT2D eigenvalue weighted by Crippen LogP contribution is -2.48. The van der Waals surface area contributed by atoms with Crippen molar-refractivity contribution in [2.75, 3.05) is 6.54 Å². The number of nitrogens with zero attached hydrogens (tertiary/aromatic N) is 2. The molecule has 3 aromatic carbocycles. The van der Waals surface area contributed by atoms with Gasteiger partial charge in [-0.2, -0.15) is 0 Å². The number of hydrogen-bond acceptors (Lipinski definition) is 6. The van der Waals surface area contributed by atoms with E-state index in [0.717, 1.165) is 28.2 Å². The van der Waals surface area contributed by atoms with Crippen LogP contribution in [0.4, 0.5) is 4.79 Å². The zero-order valence-electron chi connectivity index (χ0n) is 21.8. The maximum Gasteiger partial charge on any atom is 0.326 e. The third kappa shape index (κ3) is 7.58. The molecule has 0 bridgehead atoms. The summed E-state index contributed by atoms with van der Waals surface area (Å²) in [7, 11) is 0. The highest BCUT2D eigenvalue weighted by molar-refractivity contribution is 7.94. The highest BCUT2D eigenvalue weighted by Gasteiger charge is 2.38. The third-order valence-corrected chi connectivity index (χ3v) is 7.17. The Morgan fingerprint density at radius 2 is 1.58 bits per heavy atom. The number of urea groups is 1.